The smallest absolute Gasteiger partial charge is 0.209 e. The minimum atomic E-state index is -1.78. The molecule has 1 saturated heterocycles. The van der Waals surface area contributed by atoms with Crippen molar-refractivity contribution < 1.29 is 30.0 Å². The first-order chi connectivity index (χ1) is 6.84. The summed E-state index contributed by atoms with van der Waals surface area (Å²) in [4.78, 5) is 11.2. The van der Waals surface area contributed by atoms with Gasteiger partial charge in [0.05, 0.1) is 6.61 Å². The maximum Gasteiger partial charge on any atom is 0.209 e. The second-order valence-corrected chi connectivity index (χ2v) is 4.64. The zero-order valence-electron chi connectivity index (χ0n) is 8.00. The third-order valence-corrected chi connectivity index (χ3v) is 3.63. The number of halogens is 1. The van der Waals surface area contributed by atoms with Gasteiger partial charge in [-0.3, -0.25) is 4.79 Å². The molecule has 0 bridgehead atoms. The van der Waals surface area contributed by atoms with Crippen LogP contribution in [0.1, 0.15) is 6.92 Å². The van der Waals surface area contributed by atoms with E-state index >= 15 is 0 Å². The first-order valence-corrected chi connectivity index (χ1v) is 5.16. The molecule has 1 aliphatic heterocycles. The average molecular weight is 285 g/mol. The van der Waals surface area contributed by atoms with Crippen LogP contribution in [0.15, 0.2) is 0 Å². The topological polar surface area (TPSA) is 107 Å². The summed E-state index contributed by atoms with van der Waals surface area (Å²) in [5.41, 5.74) is 0. The molecule has 0 amide bonds. The summed E-state index contributed by atoms with van der Waals surface area (Å²) in [5, 5.41) is 37.3. The molecular formula is C8H13BrO6. The van der Waals surface area contributed by atoms with Crippen molar-refractivity contribution in [1.82, 2.24) is 0 Å². The van der Waals surface area contributed by atoms with Gasteiger partial charge in [-0.2, -0.15) is 0 Å². The molecule has 0 aromatic rings. The van der Waals surface area contributed by atoms with Gasteiger partial charge in [0, 0.05) is 0 Å². The van der Waals surface area contributed by atoms with E-state index in [4.69, 9.17) is 9.84 Å². The molecule has 0 saturated carbocycles. The van der Waals surface area contributed by atoms with E-state index in [-0.39, 0.29) is 0 Å². The molecule has 15 heavy (non-hydrogen) atoms. The number of carbonyl (C=O) groups is 1. The summed E-state index contributed by atoms with van der Waals surface area (Å²) in [6, 6.07) is 0. The van der Waals surface area contributed by atoms with E-state index < -0.39 is 41.3 Å². The van der Waals surface area contributed by atoms with Crippen LogP contribution in [0.3, 0.4) is 0 Å². The van der Waals surface area contributed by atoms with Gasteiger partial charge < -0.3 is 25.2 Å². The van der Waals surface area contributed by atoms with Gasteiger partial charge in [0.25, 0.3) is 0 Å². The Balaban J connectivity index is 2.97. The quantitative estimate of drug-likeness (QED) is 0.443. The maximum absolute atomic E-state index is 11.2. The lowest BCUT2D eigenvalue weighted by atomic mass is 9.93. The number of hydrogen-bond acceptors (Lipinski definition) is 6. The standard InChI is InChI=1S/C8H13BrO6/c1-3(11)8(9)7(14)6(13)5(12)4(2-10)15-8/h4-7,10,12-14H,2H2,1H3/t4-,5-,6+,7-,8+/m1/s1. The Morgan fingerprint density at radius 2 is 1.93 bits per heavy atom. The lowest BCUT2D eigenvalue weighted by Crippen LogP contribution is -2.64. The van der Waals surface area contributed by atoms with E-state index in [1.165, 1.54) is 0 Å². The molecule has 1 fully saturated rings. The number of rotatable bonds is 2. The van der Waals surface area contributed by atoms with Crippen LogP contribution in [0.2, 0.25) is 0 Å². The van der Waals surface area contributed by atoms with Crippen molar-refractivity contribution in [1.29, 1.82) is 0 Å². The molecule has 0 unspecified atom stereocenters. The minimum absolute atomic E-state index is 0.556. The van der Waals surface area contributed by atoms with Crippen molar-refractivity contribution in [3.05, 3.63) is 0 Å². The number of ketones is 1. The summed E-state index contributed by atoms with van der Waals surface area (Å²) >= 11 is 2.87. The fourth-order valence-electron chi connectivity index (χ4n) is 1.42. The summed E-state index contributed by atoms with van der Waals surface area (Å²) in [6.45, 7) is 0.600. The molecule has 88 valence electrons. The minimum Gasteiger partial charge on any atom is -0.394 e. The van der Waals surface area contributed by atoms with E-state index in [9.17, 15) is 20.1 Å². The molecule has 0 aromatic heterocycles. The van der Waals surface area contributed by atoms with Crippen LogP contribution in [0, 0.1) is 0 Å². The predicted molar refractivity (Wildman–Crippen MR) is 52.3 cm³/mol. The molecule has 0 spiro atoms. The fraction of sp³-hybridized carbons (Fsp3) is 0.875. The summed E-state index contributed by atoms with van der Waals surface area (Å²) in [5.74, 6) is -0.556. The van der Waals surface area contributed by atoms with Crippen molar-refractivity contribution in [2.45, 2.75) is 35.8 Å². The number of alkyl halides is 1. The van der Waals surface area contributed by atoms with Crippen LogP contribution in [0.5, 0.6) is 0 Å². The summed E-state index contributed by atoms with van der Waals surface area (Å²) in [7, 11) is 0. The van der Waals surface area contributed by atoms with Crippen molar-refractivity contribution >= 4 is 21.7 Å². The van der Waals surface area contributed by atoms with Crippen LogP contribution in [0.4, 0.5) is 0 Å². The van der Waals surface area contributed by atoms with E-state index in [1.54, 1.807) is 0 Å². The van der Waals surface area contributed by atoms with Crippen molar-refractivity contribution in [2.24, 2.45) is 0 Å². The van der Waals surface area contributed by atoms with Crippen molar-refractivity contribution in [2.75, 3.05) is 6.61 Å². The highest BCUT2D eigenvalue weighted by atomic mass is 79.9. The molecule has 0 aromatic carbocycles. The van der Waals surface area contributed by atoms with Gasteiger partial charge in [0.2, 0.25) is 4.51 Å². The molecule has 6 nitrogen and oxygen atoms in total. The number of aliphatic hydroxyl groups is 4. The van der Waals surface area contributed by atoms with E-state index in [2.05, 4.69) is 15.9 Å². The first kappa shape index (κ1) is 13.0. The molecule has 1 rings (SSSR count). The van der Waals surface area contributed by atoms with Gasteiger partial charge in [0.1, 0.15) is 24.4 Å². The Hall–Kier alpha value is -0.0500. The summed E-state index contributed by atoms with van der Waals surface area (Å²) in [6.07, 6.45) is -5.70. The average Bonchev–Trinajstić information content (AvgIpc) is 2.20. The Labute approximate surface area is 94.6 Å². The van der Waals surface area contributed by atoms with Gasteiger partial charge in [-0.15, -0.1) is 0 Å². The Bertz CT molecular complexity index is 258. The van der Waals surface area contributed by atoms with Crippen LogP contribution >= 0.6 is 15.9 Å². The van der Waals surface area contributed by atoms with E-state index in [0.717, 1.165) is 6.92 Å². The van der Waals surface area contributed by atoms with Gasteiger partial charge >= 0.3 is 0 Å². The normalized spacial score (nSPS) is 46.5. The second-order valence-electron chi connectivity index (χ2n) is 3.47. The molecule has 1 aliphatic rings. The third kappa shape index (κ3) is 2.08. The van der Waals surface area contributed by atoms with Crippen LogP contribution < -0.4 is 0 Å². The lowest BCUT2D eigenvalue weighted by Gasteiger charge is -2.43. The lowest BCUT2D eigenvalue weighted by molar-refractivity contribution is -0.234. The highest BCUT2D eigenvalue weighted by molar-refractivity contribution is 9.10. The third-order valence-electron chi connectivity index (χ3n) is 2.42. The van der Waals surface area contributed by atoms with Crippen LogP contribution in [-0.4, -0.2) is 61.7 Å². The largest absolute Gasteiger partial charge is 0.394 e. The highest BCUT2D eigenvalue weighted by Crippen LogP contribution is 2.35. The summed E-state index contributed by atoms with van der Waals surface area (Å²) < 4.78 is 3.26. The number of hydrogen-bond donors (Lipinski definition) is 4. The number of ether oxygens (including phenoxy) is 1. The Morgan fingerprint density at radius 3 is 2.33 bits per heavy atom. The fourth-order valence-corrected chi connectivity index (χ4v) is 1.93. The molecule has 1 heterocycles. The number of carbonyl (C=O) groups excluding carboxylic acids is 1. The van der Waals surface area contributed by atoms with Crippen molar-refractivity contribution in [3.63, 3.8) is 0 Å². The molecular weight excluding hydrogens is 272 g/mol. The SMILES string of the molecule is CC(=O)[C@]1(Br)O[C@H](CO)[C@@H](O)[C@H](O)[C@H]1O. The molecule has 0 aliphatic carbocycles. The molecule has 4 N–H and O–H groups in total. The van der Waals surface area contributed by atoms with Gasteiger partial charge in [-0.05, 0) is 22.9 Å². The monoisotopic (exact) mass is 284 g/mol. The van der Waals surface area contributed by atoms with Gasteiger partial charge in [-0.25, -0.2) is 0 Å². The van der Waals surface area contributed by atoms with Crippen molar-refractivity contribution in [3.8, 4) is 0 Å². The second kappa shape index (κ2) is 4.44. The zero-order valence-corrected chi connectivity index (χ0v) is 9.59. The maximum atomic E-state index is 11.2. The molecule has 0 radical (unpaired) electrons. The Kier molecular flexibility index (Phi) is 3.85. The number of aliphatic hydroxyl groups excluding tert-OH is 4. The van der Waals surface area contributed by atoms with E-state index in [0.29, 0.717) is 0 Å². The Morgan fingerprint density at radius 1 is 1.40 bits per heavy atom. The van der Waals surface area contributed by atoms with Crippen LogP contribution in [-0.2, 0) is 9.53 Å². The van der Waals surface area contributed by atoms with E-state index in [1.807, 2.05) is 0 Å². The predicted octanol–water partition coefficient (Wildman–Crippen LogP) is -1.86. The highest BCUT2D eigenvalue weighted by Gasteiger charge is 2.54. The van der Waals surface area contributed by atoms with Crippen LogP contribution in [0.25, 0.3) is 0 Å². The van der Waals surface area contributed by atoms with Gasteiger partial charge in [-0.1, -0.05) is 0 Å². The zero-order chi connectivity index (χ0) is 11.8. The van der Waals surface area contributed by atoms with Gasteiger partial charge in [0.15, 0.2) is 5.78 Å². The molecule has 7 heteroatoms. The molecule has 5 atom stereocenters. The first-order valence-electron chi connectivity index (χ1n) is 4.37. The number of Topliss-reactive ketones (excluding diaryl/α,β-unsaturated/α-hetero) is 1.